The first kappa shape index (κ1) is 31.0. The minimum Gasteiger partial charge on any atom is -0.0709 e. The fourth-order valence-electron chi connectivity index (χ4n) is 0. The lowest BCUT2D eigenvalue weighted by molar-refractivity contribution is 0.741. The molecular weight excluding hydrogens is 327 g/mol. The zero-order valence-corrected chi connectivity index (χ0v) is 22.7. The van der Waals surface area contributed by atoms with Crippen molar-refractivity contribution in [3.05, 3.63) is 0 Å². The van der Waals surface area contributed by atoms with Crippen LogP contribution in [0.4, 0.5) is 0 Å². The van der Waals surface area contributed by atoms with Crippen molar-refractivity contribution in [2.75, 3.05) is 0 Å². The van der Waals surface area contributed by atoms with Crippen LogP contribution in [-0.4, -0.2) is 43.8 Å². The van der Waals surface area contributed by atoms with Crippen LogP contribution >= 0.6 is 0 Å². The molecule has 0 aromatic rings. The second-order valence-corrected chi connectivity index (χ2v) is 20.2. The van der Waals surface area contributed by atoms with Gasteiger partial charge in [0.1, 0.15) is 0 Å². The quantitative estimate of drug-likeness (QED) is 0.393. The molecule has 0 unspecified atom stereocenters. The molecule has 22 heavy (non-hydrogen) atoms. The Morgan fingerprint density at radius 1 is 0.364 bits per heavy atom. The molecule has 0 spiro atoms. The maximum atomic E-state index is 2.35. The maximum absolute atomic E-state index is 2.35. The largest absolute Gasteiger partial charge is 0.0709 e. The Morgan fingerprint density at radius 2 is 0.409 bits per heavy atom. The molecule has 0 rings (SSSR count). The van der Waals surface area contributed by atoms with Crippen LogP contribution in [0.5, 0.6) is 0 Å². The molecule has 0 saturated carbocycles. The zero-order valence-electron chi connectivity index (χ0n) is 18.6. The summed E-state index contributed by atoms with van der Waals surface area (Å²) in [4.78, 5) is 0. The van der Waals surface area contributed by atoms with E-state index < -0.39 is 0 Å². The molecule has 0 aliphatic carbocycles. The van der Waals surface area contributed by atoms with Crippen molar-refractivity contribution in [3.63, 3.8) is 0 Å². The lowest BCUT2D eigenvalue weighted by Crippen LogP contribution is -2.16. The summed E-state index contributed by atoms with van der Waals surface area (Å²) in [7, 11) is -0.150. The molecule has 0 nitrogen and oxygen atoms in total. The normalized spacial score (nSPS) is 12.3. The van der Waals surface area contributed by atoms with E-state index in [1.807, 2.05) is 0 Å². The standard InChI is InChI=1S/3C6H15Si.Al/c3*1-6(2,3)7(4)5;/h3*1-5H3;. The molecule has 0 atom stereocenters. The van der Waals surface area contributed by atoms with E-state index in [4.69, 9.17) is 0 Å². The summed E-state index contributed by atoms with van der Waals surface area (Å²) in [5.41, 5.74) is 0. The molecule has 0 saturated heterocycles. The summed E-state index contributed by atoms with van der Waals surface area (Å²) in [6, 6.07) is 0. The predicted octanol–water partition coefficient (Wildman–Crippen LogP) is 7.24. The smallest absolute Gasteiger partial charge is 0.0470 e. The average molecular weight is 373 g/mol. The summed E-state index contributed by atoms with van der Waals surface area (Å²) >= 11 is 0. The highest BCUT2D eigenvalue weighted by atomic mass is 28.3. The van der Waals surface area contributed by atoms with Gasteiger partial charge in [0.25, 0.3) is 0 Å². The van der Waals surface area contributed by atoms with Gasteiger partial charge in [0.05, 0.1) is 0 Å². The minimum absolute atomic E-state index is 0. The van der Waals surface area contributed by atoms with Crippen LogP contribution in [0.2, 0.25) is 54.4 Å². The van der Waals surface area contributed by atoms with Gasteiger partial charge in [-0.1, -0.05) is 102 Å². The fraction of sp³-hybridized carbons (Fsp3) is 1.00. The van der Waals surface area contributed by atoms with Gasteiger partial charge in [0.15, 0.2) is 0 Å². The average Bonchev–Trinajstić information content (AvgIpc) is 2.14. The maximum Gasteiger partial charge on any atom is 0.0470 e. The second kappa shape index (κ2) is 12.5. The molecule has 0 aromatic heterocycles. The van der Waals surface area contributed by atoms with Gasteiger partial charge >= 0.3 is 0 Å². The van der Waals surface area contributed by atoms with E-state index in [0.29, 0.717) is 15.1 Å². The zero-order chi connectivity index (χ0) is 18.2. The summed E-state index contributed by atoms with van der Waals surface area (Å²) in [6.45, 7) is 34.9. The topological polar surface area (TPSA) is 0 Å². The van der Waals surface area contributed by atoms with E-state index in [2.05, 4.69) is 102 Å². The lowest BCUT2D eigenvalue weighted by atomic mass is 10.2. The molecule has 0 aliphatic rings. The third kappa shape index (κ3) is 23.4. The molecule has 6 radical (unpaired) electrons. The third-order valence-corrected chi connectivity index (χ3v) is 13.5. The van der Waals surface area contributed by atoms with Crippen molar-refractivity contribution in [3.8, 4) is 0 Å². The molecule has 0 heterocycles. The first-order chi connectivity index (χ1) is 8.83. The van der Waals surface area contributed by atoms with Crippen LogP contribution in [0.1, 0.15) is 62.3 Å². The highest BCUT2D eigenvalue weighted by Gasteiger charge is 2.16. The Morgan fingerprint density at radius 3 is 0.409 bits per heavy atom. The van der Waals surface area contributed by atoms with E-state index in [0.717, 1.165) is 0 Å². The number of hydrogen-bond donors (Lipinski definition) is 0. The van der Waals surface area contributed by atoms with Gasteiger partial charge in [-0.25, -0.2) is 0 Å². The highest BCUT2D eigenvalue weighted by molar-refractivity contribution is 6.59. The monoisotopic (exact) mass is 372 g/mol. The molecule has 0 bridgehead atoms. The molecule has 0 amide bonds. The van der Waals surface area contributed by atoms with Crippen LogP contribution < -0.4 is 0 Å². The molecular formula is C18H45AlSi3. The van der Waals surface area contributed by atoms with Crippen molar-refractivity contribution in [1.82, 2.24) is 0 Å². The van der Waals surface area contributed by atoms with Gasteiger partial charge in [0, 0.05) is 43.8 Å². The Bertz CT molecular complexity index is 198. The van der Waals surface area contributed by atoms with E-state index in [1.165, 1.54) is 0 Å². The minimum atomic E-state index is -0.0502. The summed E-state index contributed by atoms with van der Waals surface area (Å²) in [5.74, 6) is 0. The van der Waals surface area contributed by atoms with Crippen LogP contribution in [-0.2, 0) is 0 Å². The van der Waals surface area contributed by atoms with E-state index in [1.54, 1.807) is 0 Å². The van der Waals surface area contributed by atoms with Gasteiger partial charge < -0.3 is 0 Å². The van der Waals surface area contributed by atoms with Crippen molar-refractivity contribution in [1.29, 1.82) is 0 Å². The van der Waals surface area contributed by atoms with Gasteiger partial charge in [-0.2, -0.15) is 0 Å². The SMILES string of the molecule is C[Si](C)C(C)(C)C.C[Si](C)C(C)(C)C.C[Si](C)C(C)(C)C.[Al]. The van der Waals surface area contributed by atoms with Crippen LogP contribution in [0.25, 0.3) is 0 Å². The Balaban J connectivity index is -0.000000108. The van der Waals surface area contributed by atoms with Crippen LogP contribution in [0, 0.1) is 0 Å². The Kier molecular flexibility index (Phi) is 17.7. The van der Waals surface area contributed by atoms with Gasteiger partial charge in [0.2, 0.25) is 0 Å². The first-order valence-electron chi connectivity index (χ1n) is 8.25. The van der Waals surface area contributed by atoms with Crippen molar-refractivity contribution in [2.24, 2.45) is 0 Å². The molecule has 0 aromatic carbocycles. The third-order valence-electron chi connectivity index (χ3n) is 4.50. The second-order valence-electron chi connectivity index (χ2n) is 9.75. The summed E-state index contributed by atoms with van der Waals surface area (Å²) in [6.07, 6.45) is 0. The van der Waals surface area contributed by atoms with Crippen molar-refractivity contribution >= 4 is 43.8 Å². The molecule has 0 N–H and O–H groups in total. The Hall–Kier alpha value is 1.18. The van der Waals surface area contributed by atoms with Crippen LogP contribution in [0.15, 0.2) is 0 Å². The van der Waals surface area contributed by atoms with Gasteiger partial charge in [-0.05, 0) is 15.1 Å². The van der Waals surface area contributed by atoms with E-state index >= 15 is 0 Å². The van der Waals surface area contributed by atoms with Gasteiger partial charge in [-0.3, -0.25) is 0 Å². The predicted molar refractivity (Wildman–Crippen MR) is 117 cm³/mol. The first-order valence-corrected chi connectivity index (χ1v) is 15.8. The summed E-state index contributed by atoms with van der Waals surface area (Å²) < 4.78 is 0. The molecule has 0 fully saturated rings. The lowest BCUT2D eigenvalue weighted by Gasteiger charge is -2.20. The van der Waals surface area contributed by atoms with Gasteiger partial charge in [-0.15, -0.1) is 0 Å². The number of rotatable bonds is 0. The van der Waals surface area contributed by atoms with E-state index in [9.17, 15) is 0 Å². The fourth-order valence-corrected chi connectivity index (χ4v) is 0. The molecule has 132 valence electrons. The molecule has 4 heteroatoms. The van der Waals surface area contributed by atoms with Crippen molar-refractivity contribution in [2.45, 2.75) is 117 Å². The van der Waals surface area contributed by atoms with Crippen LogP contribution in [0.3, 0.4) is 0 Å². The highest BCUT2D eigenvalue weighted by Crippen LogP contribution is 2.26. The molecule has 0 aliphatic heterocycles. The number of hydrogen-bond acceptors (Lipinski definition) is 0. The summed E-state index contributed by atoms with van der Waals surface area (Å²) in [5, 5.41) is 1.81. The van der Waals surface area contributed by atoms with E-state index in [-0.39, 0.29) is 43.8 Å². The van der Waals surface area contributed by atoms with Crippen molar-refractivity contribution < 1.29 is 0 Å². The Labute approximate surface area is 160 Å².